The van der Waals surface area contributed by atoms with Gasteiger partial charge >= 0.3 is 0 Å². The second-order valence-corrected chi connectivity index (χ2v) is 6.69. The normalized spacial score (nSPS) is 24.9. The molecule has 3 rings (SSSR count). The predicted molar refractivity (Wildman–Crippen MR) is 99.0 cm³/mol. The number of carbonyl (C=O) groups excluding carboxylic acids is 2. The number of halogens is 2. The average molecular weight is 381 g/mol. The summed E-state index contributed by atoms with van der Waals surface area (Å²) in [6.07, 6.45) is 5.31. The van der Waals surface area contributed by atoms with Crippen LogP contribution in [0.1, 0.15) is 32.1 Å². The van der Waals surface area contributed by atoms with Gasteiger partial charge in [-0.1, -0.05) is 0 Å². The van der Waals surface area contributed by atoms with Crippen molar-refractivity contribution in [3.63, 3.8) is 0 Å². The second-order valence-electron chi connectivity index (χ2n) is 6.69. The lowest BCUT2D eigenvalue weighted by atomic mass is 10.2. The van der Waals surface area contributed by atoms with Crippen molar-refractivity contribution in [3.8, 4) is 0 Å². The van der Waals surface area contributed by atoms with Gasteiger partial charge in [-0.15, -0.1) is 24.8 Å². The third kappa shape index (κ3) is 5.48. The molecule has 0 aromatic heterocycles. The first-order chi connectivity index (χ1) is 10.7. The van der Waals surface area contributed by atoms with Gasteiger partial charge in [0.05, 0.1) is 12.6 Å². The van der Waals surface area contributed by atoms with Crippen molar-refractivity contribution in [1.29, 1.82) is 0 Å². The molecule has 1 atom stereocenters. The fraction of sp³-hybridized carbons (Fsp3) is 0.875. The van der Waals surface area contributed by atoms with Crippen molar-refractivity contribution in [2.75, 3.05) is 52.4 Å². The molecule has 3 aliphatic rings. The lowest BCUT2D eigenvalue weighted by Gasteiger charge is -2.25. The molecule has 3 heterocycles. The zero-order chi connectivity index (χ0) is 15.4. The number of amides is 2. The SMILES string of the molecule is Cl.Cl.O=C(CN1CCCN(C(=O)[C@@H]2CCCN2)CC1)N1CCCC1. The summed E-state index contributed by atoms with van der Waals surface area (Å²) in [4.78, 5) is 30.9. The van der Waals surface area contributed by atoms with Gasteiger partial charge in [0.2, 0.25) is 11.8 Å². The van der Waals surface area contributed by atoms with E-state index in [0.717, 1.165) is 77.9 Å². The highest BCUT2D eigenvalue weighted by Crippen LogP contribution is 2.12. The number of hydrogen-bond donors (Lipinski definition) is 1. The van der Waals surface area contributed by atoms with E-state index in [1.807, 2.05) is 9.80 Å². The minimum absolute atomic E-state index is 0. The van der Waals surface area contributed by atoms with Crippen molar-refractivity contribution in [2.45, 2.75) is 38.1 Å². The van der Waals surface area contributed by atoms with E-state index < -0.39 is 0 Å². The molecule has 0 spiro atoms. The van der Waals surface area contributed by atoms with Crippen molar-refractivity contribution >= 4 is 36.6 Å². The van der Waals surface area contributed by atoms with Crippen LogP contribution in [0.2, 0.25) is 0 Å². The lowest BCUT2D eigenvalue weighted by molar-refractivity contribution is -0.132. The van der Waals surface area contributed by atoms with Crippen molar-refractivity contribution < 1.29 is 9.59 Å². The summed E-state index contributed by atoms with van der Waals surface area (Å²) >= 11 is 0. The Morgan fingerprint density at radius 2 is 1.54 bits per heavy atom. The van der Waals surface area contributed by atoms with E-state index in [-0.39, 0.29) is 42.7 Å². The van der Waals surface area contributed by atoms with Crippen molar-refractivity contribution in [3.05, 3.63) is 0 Å². The lowest BCUT2D eigenvalue weighted by Crippen LogP contribution is -2.45. The van der Waals surface area contributed by atoms with E-state index >= 15 is 0 Å². The number of rotatable bonds is 3. The molecule has 3 fully saturated rings. The first-order valence-corrected chi connectivity index (χ1v) is 8.76. The molecule has 0 aromatic carbocycles. The van der Waals surface area contributed by atoms with E-state index in [9.17, 15) is 9.59 Å². The molecule has 24 heavy (non-hydrogen) atoms. The Labute approximate surface area is 157 Å². The van der Waals surface area contributed by atoms with E-state index in [1.54, 1.807) is 0 Å². The number of nitrogens with zero attached hydrogens (tertiary/aromatic N) is 3. The van der Waals surface area contributed by atoms with Crippen LogP contribution in [0.15, 0.2) is 0 Å². The number of likely N-dealkylation sites (tertiary alicyclic amines) is 1. The predicted octanol–water partition coefficient (Wildman–Crippen LogP) is 0.739. The molecule has 2 amide bonds. The monoisotopic (exact) mass is 380 g/mol. The molecule has 0 aromatic rings. The standard InChI is InChI=1S/C16H28N4O2.2ClH/c21-15(19-8-1-2-9-19)13-18-7-4-10-20(12-11-18)16(22)14-5-3-6-17-14;;/h14,17H,1-13H2;2*1H/t14-;;/m0../s1. The highest BCUT2D eigenvalue weighted by atomic mass is 35.5. The van der Waals surface area contributed by atoms with Crippen LogP contribution >= 0.6 is 24.8 Å². The molecule has 0 aliphatic carbocycles. The molecule has 8 heteroatoms. The molecule has 6 nitrogen and oxygen atoms in total. The van der Waals surface area contributed by atoms with Crippen LogP contribution in [0.5, 0.6) is 0 Å². The summed E-state index contributed by atoms with van der Waals surface area (Å²) in [5.41, 5.74) is 0. The fourth-order valence-corrected chi connectivity index (χ4v) is 3.72. The minimum Gasteiger partial charge on any atom is -0.342 e. The summed E-state index contributed by atoms with van der Waals surface area (Å²) < 4.78 is 0. The number of nitrogens with one attached hydrogen (secondary N) is 1. The molecular weight excluding hydrogens is 351 g/mol. The second kappa shape index (κ2) is 10.4. The van der Waals surface area contributed by atoms with E-state index in [4.69, 9.17) is 0 Å². The quantitative estimate of drug-likeness (QED) is 0.784. The van der Waals surface area contributed by atoms with Gasteiger partial charge in [-0.05, 0) is 38.6 Å². The Morgan fingerprint density at radius 1 is 0.833 bits per heavy atom. The third-order valence-electron chi connectivity index (χ3n) is 5.08. The minimum atomic E-state index is 0. The van der Waals surface area contributed by atoms with E-state index in [2.05, 4.69) is 10.2 Å². The first kappa shape index (κ1) is 21.5. The molecule has 3 aliphatic heterocycles. The zero-order valence-electron chi connectivity index (χ0n) is 14.2. The maximum absolute atomic E-state index is 12.5. The molecule has 3 saturated heterocycles. The summed E-state index contributed by atoms with van der Waals surface area (Å²) in [5, 5.41) is 3.29. The Kier molecular flexibility index (Phi) is 9.34. The summed E-state index contributed by atoms with van der Waals surface area (Å²) in [7, 11) is 0. The van der Waals surface area contributed by atoms with Gasteiger partial charge in [-0.25, -0.2) is 0 Å². The van der Waals surface area contributed by atoms with Crippen LogP contribution in [0.3, 0.4) is 0 Å². The fourth-order valence-electron chi connectivity index (χ4n) is 3.72. The van der Waals surface area contributed by atoms with Crippen LogP contribution < -0.4 is 5.32 Å². The van der Waals surface area contributed by atoms with Crippen LogP contribution in [0, 0.1) is 0 Å². The number of hydrogen-bond acceptors (Lipinski definition) is 4. The first-order valence-electron chi connectivity index (χ1n) is 8.76. The molecule has 0 saturated carbocycles. The largest absolute Gasteiger partial charge is 0.342 e. The van der Waals surface area contributed by atoms with Crippen molar-refractivity contribution in [1.82, 2.24) is 20.0 Å². The molecule has 0 unspecified atom stereocenters. The molecular formula is C16H30Cl2N4O2. The van der Waals surface area contributed by atoms with Crippen LogP contribution in [0.4, 0.5) is 0 Å². The summed E-state index contributed by atoms with van der Waals surface area (Å²) in [6, 6.07) is 0.0257. The highest BCUT2D eigenvalue weighted by Gasteiger charge is 2.29. The van der Waals surface area contributed by atoms with Gasteiger partial charge in [-0.2, -0.15) is 0 Å². The highest BCUT2D eigenvalue weighted by molar-refractivity contribution is 5.85. The Hall–Kier alpha value is -0.560. The Morgan fingerprint density at radius 3 is 2.21 bits per heavy atom. The zero-order valence-corrected chi connectivity index (χ0v) is 15.9. The van der Waals surface area contributed by atoms with Crippen LogP contribution in [0.25, 0.3) is 0 Å². The van der Waals surface area contributed by atoms with Gasteiger partial charge in [-0.3, -0.25) is 14.5 Å². The molecule has 0 radical (unpaired) electrons. The Balaban J connectivity index is 0.00000144. The van der Waals surface area contributed by atoms with Crippen molar-refractivity contribution in [2.24, 2.45) is 0 Å². The molecule has 0 bridgehead atoms. The van der Waals surface area contributed by atoms with Gasteiger partial charge in [0.15, 0.2) is 0 Å². The Bertz CT molecular complexity index is 413. The smallest absolute Gasteiger partial charge is 0.239 e. The van der Waals surface area contributed by atoms with Gasteiger partial charge in [0.1, 0.15) is 0 Å². The molecule has 1 N–H and O–H groups in total. The van der Waals surface area contributed by atoms with Gasteiger partial charge in [0, 0.05) is 39.3 Å². The van der Waals surface area contributed by atoms with Gasteiger partial charge in [0.25, 0.3) is 0 Å². The van der Waals surface area contributed by atoms with Crippen LogP contribution in [-0.2, 0) is 9.59 Å². The number of carbonyl (C=O) groups is 2. The van der Waals surface area contributed by atoms with E-state index in [1.165, 1.54) is 0 Å². The van der Waals surface area contributed by atoms with E-state index in [0.29, 0.717) is 6.54 Å². The maximum atomic E-state index is 12.5. The van der Waals surface area contributed by atoms with Crippen LogP contribution in [-0.4, -0.2) is 84.9 Å². The topological polar surface area (TPSA) is 55.9 Å². The van der Waals surface area contributed by atoms with Gasteiger partial charge < -0.3 is 15.1 Å². The third-order valence-corrected chi connectivity index (χ3v) is 5.08. The molecule has 140 valence electrons. The summed E-state index contributed by atoms with van der Waals surface area (Å²) in [5.74, 6) is 0.514. The average Bonchev–Trinajstić information content (AvgIpc) is 3.18. The summed E-state index contributed by atoms with van der Waals surface area (Å²) in [6.45, 7) is 6.63. The maximum Gasteiger partial charge on any atom is 0.239 e.